The van der Waals surface area contributed by atoms with Gasteiger partial charge >= 0.3 is 5.65 Å². The summed E-state index contributed by atoms with van der Waals surface area (Å²) in [5.41, 5.74) is 2.46. The molecular formula is C24H20F2N3O2S+. The Morgan fingerprint density at radius 3 is 2.53 bits per heavy atom. The molecule has 0 saturated carbocycles. The fourth-order valence-corrected chi connectivity index (χ4v) is 4.31. The van der Waals surface area contributed by atoms with Gasteiger partial charge in [0.15, 0.2) is 11.6 Å². The summed E-state index contributed by atoms with van der Waals surface area (Å²) in [6, 6.07) is 14.4. The third-order valence-corrected chi connectivity index (χ3v) is 6.00. The number of halogens is 2. The topological polar surface area (TPSA) is 72.9 Å². The highest BCUT2D eigenvalue weighted by Gasteiger charge is 2.23. The third kappa shape index (κ3) is 4.12. The number of H-pyrrole nitrogens is 1. The van der Waals surface area contributed by atoms with Crippen molar-refractivity contribution in [1.29, 1.82) is 5.26 Å². The van der Waals surface area contributed by atoms with Crippen molar-refractivity contribution in [1.82, 2.24) is 4.98 Å². The van der Waals surface area contributed by atoms with Crippen molar-refractivity contribution in [3.8, 4) is 28.7 Å². The van der Waals surface area contributed by atoms with E-state index in [-0.39, 0.29) is 5.75 Å². The van der Waals surface area contributed by atoms with Crippen molar-refractivity contribution in [3.63, 3.8) is 0 Å². The number of hydrogen-bond acceptors (Lipinski definition) is 4. The molecular weight excluding hydrogens is 432 g/mol. The van der Waals surface area contributed by atoms with Gasteiger partial charge in [-0.25, -0.2) is 13.8 Å². The number of fused-ring (bicyclic) bond motifs is 1. The molecule has 0 aliphatic rings. The Kier molecular flexibility index (Phi) is 5.53. The molecule has 2 N–H and O–H groups in total. The summed E-state index contributed by atoms with van der Waals surface area (Å²) in [7, 11) is 0. The zero-order chi connectivity index (χ0) is 23.0. The number of ether oxygens (including phenoxy) is 1. The van der Waals surface area contributed by atoms with Crippen molar-refractivity contribution in [2.75, 3.05) is 0 Å². The summed E-state index contributed by atoms with van der Waals surface area (Å²) >= 11 is 1.39. The number of nitrogens with one attached hydrogen (secondary N) is 1. The van der Waals surface area contributed by atoms with E-state index in [2.05, 4.69) is 11.1 Å². The van der Waals surface area contributed by atoms with E-state index < -0.39 is 16.4 Å². The number of pyridine rings is 1. The third-order valence-electron chi connectivity index (χ3n) is 4.91. The maximum absolute atomic E-state index is 14.3. The van der Waals surface area contributed by atoms with Gasteiger partial charge in [-0.3, -0.25) is 0 Å². The van der Waals surface area contributed by atoms with Gasteiger partial charge in [-0.05, 0) is 61.0 Å². The van der Waals surface area contributed by atoms with Gasteiger partial charge in [0.25, 0.3) is 0 Å². The van der Waals surface area contributed by atoms with E-state index in [0.29, 0.717) is 22.7 Å². The predicted molar refractivity (Wildman–Crippen MR) is 118 cm³/mol. The molecule has 4 rings (SSSR count). The second kappa shape index (κ2) is 8.17. The van der Waals surface area contributed by atoms with Gasteiger partial charge in [0, 0.05) is 29.0 Å². The van der Waals surface area contributed by atoms with Crippen LogP contribution in [0.1, 0.15) is 19.5 Å². The molecule has 2 heterocycles. The summed E-state index contributed by atoms with van der Waals surface area (Å²) in [6.07, 6.45) is 1.71. The zero-order valence-corrected chi connectivity index (χ0v) is 18.4. The number of rotatable bonds is 5. The molecule has 0 saturated heterocycles. The van der Waals surface area contributed by atoms with Crippen LogP contribution < -0.4 is 9.47 Å². The molecule has 4 aromatic rings. The molecule has 0 aliphatic heterocycles. The van der Waals surface area contributed by atoms with E-state index in [1.165, 1.54) is 17.8 Å². The van der Waals surface area contributed by atoms with Gasteiger partial charge < -0.3 is 9.94 Å². The number of nitriles is 1. The van der Waals surface area contributed by atoms with E-state index >= 15 is 0 Å². The first-order chi connectivity index (χ1) is 15.2. The predicted octanol–water partition coefficient (Wildman–Crippen LogP) is 6.13. The summed E-state index contributed by atoms with van der Waals surface area (Å²) in [6.45, 7) is 5.39. The SMILES string of the molecule is Cc1cc(-c2cc(SC(C)(C)C#N)ccc2Oc2ccc(F)cc2F)c2cc[nH]c2[n+]1O. The first kappa shape index (κ1) is 21.7. The molecule has 0 amide bonds. The van der Waals surface area contributed by atoms with Crippen LogP contribution in [0.5, 0.6) is 11.5 Å². The van der Waals surface area contributed by atoms with Gasteiger partial charge in [0.1, 0.15) is 22.0 Å². The second-order valence-corrected chi connectivity index (χ2v) is 9.51. The van der Waals surface area contributed by atoms with Gasteiger partial charge in [-0.1, -0.05) is 0 Å². The van der Waals surface area contributed by atoms with Crippen LogP contribution in [0, 0.1) is 29.9 Å². The van der Waals surface area contributed by atoms with Gasteiger partial charge in [-0.15, -0.1) is 11.8 Å². The number of benzene rings is 2. The molecule has 162 valence electrons. The Bertz CT molecular complexity index is 1380. The van der Waals surface area contributed by atoms with E-state index in [1.807, 2.05) is 26.0 Å². The number of thioether (sulfide) groups is 1. The summed E-state index contributed by atoms with van der Waals surface area (Å²) in [5, 5.41) is 20.5. The fraction of sp³-hybridized carbons (Fsp3) is 0.167. The lowest BCUT2D eigenvalue weighted by molar-refractivity contribution is -0.889. The van der Waals surface area contributed by atoms with Gasteiger partial charge in [-0.2, -0.15) is 5.26 Å². The highest BCUT2D eigenvalue weighted by atomic mass is 32.2. The molecule has 0 unspecified atom stereocenters. The molecule has 0 aliphatic carbocycles. The lowest BCUT2D eigenvalue weighted by atomic mass is 10.0. The summed E-state index contributed by atoms with van der Waals surface area (Å²) in [5.74, 6) is -1.27. The number of nitrogens with zero attached hydrogens (tertiary/aromatic N) is 2. The molecule has 32 heavy (non-hydrogen) atoms. The minimum atomic E-state index is -0.816. The lowest BCUT2D eigenvalue weighted by Gasteiger charge is -2.18. The van der Waals surface area contributed by atoms with Gasteiger partial charge in [0.05, 0.1) is 17.7 Å². The number of aromatic nitrogens is 2. The lowest BCUT2D eigenvalue weighted by Crippen LogP contribution is -2.34. The Balaban J connectivity index is 1.91. The molecule has 8 heteroatoms. The van der Waals surface area contributed by atoms with Crippen LogP contribution in [0.2, 0.25) is 0 Å². The Labute approximate surface area is 187 Å². The highest BCUT2D eigenvalue weighted by Crippen LogP contribution is 2.42. The molecule has 2 aromatic carbocycles. The zero-order valence-electron chi connectivity index (χ0n) is 17.6. The standard InChI is InChI=1S/C24H19F2N3O2S/c1-14-10-18(17-8-9-28-23(17)29(14)30)19-12-16(32-24(2,3)13-27)5-7-21(19)31-22-6-4-15(25)11-20(22)26/h4-12,30H,1-3H3/p+1. The number of aromatic amines is 1. The first-order valence-corrected chi connectivity index (χ1v) is 10.6. The largest absolute Gasteiger partial charge is 0.454 e. The van der Waals surface area contributed by atoms with Crippen LogP contribution in [0.4, 0.5) is 8.78 Å². The molecule has 0 spiro atoms. The average Bonchev–Trinajstić information content (AvgIpc) is 3.24. The van der Waals surface area contributed by atoms with Crippen molar-refractivity contribution in [3.05, 3.63) is 72.1 Å². The average molecular weight is 453 g/mol. The van der Waals surface area contributed by atoms with Crippen LogP contribution in [-0.2, 0) is 0 Å². The maximum Gasteiger partial charge on any atom is 0.326 e. The Morgan fingerprint density at radius 1 is 1.06 bits per heavy atom. The van der Waals surface area contributed by atoms with Crippen LogP contribution in [0.3, 0.4) is 0 Å². The second-order valence-electron chi connectivity index (χ2n) is 7.81. The van der Waals surface area contributed by atoms with Crippen molar-refractivity contribution in [2.24, 2.45) is 0 Å². The van der Waals surface area contributed by atoms with E-state index in [0.717, 1.165) is 32.7 Å². The summed E-state index contributed by atoms with van der Waals surface area (Å²) < 4.78 is 33.9. The van der Waals surface area contributed by atoms with Gasteiger partial charge in [0.2, 0.25) is 0 Å². The van der Waals surface area contributed by atoms with Crippen LogP contribution in [0.15, 0.2) is 59.6 Å². The molecule has 0 atom stereocenters. The smallest absolute Gasteiger partial charge is 0.326 e. The normalized spacial score (nSPS) is 11.5. The van der Waals surface area contributed by atoms with E-state index in [1.54, 1.807) is 31.3 Å². The van der Waals surface area contributed by atoms with Crippen LogP contribution in [0.25, 0.3) is 22.2 Å². The molecule has 0 fully saturated rings. The monoisotopic (exact) mass is 452 g/mol. The van der Waals surface area contributed by atoms with Crippen LogP contribution in [-0.4, -0.2) is 14.9 Å². The maximum atomic E-state index is 14.3. The van der Waals surface area contributed by atoms with Crippen molar-refractivity contribution < 1.29 is 23.5 Å². The molecule has 0 radical (unpaired) electrons. The van der Waals surface area contributed by atoms with Crippen molar-refractivity contribution >= 4 is 22.8 Å². The van der Waals surface area contributed by atoms with E-state index in [9.17, 15) is 19.2 Å². The fourth-order valence-electron chi connectivity index (χ4n) is 3.37. The summed E-state index contributed by atoms with van der Waals surface area (Å²) in [4.78, 5) is 3.83. The van der Waals surface area contributed by atoms with Crippen molar-refractivity contribution in [2.45, 2.75) is 30.4 Å². The molecule has 0 bridgehead atoms. The first-order valence-electron chi connectivity index (χ1n) is 9.78. The highest BCUT2D eigenvalue weighted by molar-refractivity contribution is 8.00. The molecule has 5 nitrogen and oxygen atoms in total. The Morgan fingerprint density at radius 2 is 1.81 bits per heavy atom. The quantitative estimate of drug-likeness (QED) is 0.217. The molecule has 2 aromatic heterocycles. The minimum absolute atomic E-state index is 0.111. The Hall–Kier alpha value is -3.57. The van der Waals surface area contributed by atoms with Crippen LogP contribution >= 0.6 is 11.8 Å². The number of aryl methyl sites for hydroxylation is 1. The van der Waals surface area contributed by atoms with E-state index in [4.69, 9.17) is 4.74 Å². The number of hydrogen-bond donors (Lipinski definition) is 2. The minimum Gasteiger partial charge on any atom is -0.454 e.